The second-order valence-electron chi connectivity index (χ2n) is 6.08. The topological polar surface area (TPSA) is 24.9 Å². The van der Waals surface area contributed by atoms with Crippen molar-refractivity contribution < 1.29 is 0 Å². The zero-order chi connectivity index (χ0) is 13.8. The monoisotopic (exact) mass is 268 g/mol. The Hall–Kier alpha value is -1.41. The maximum atomic E-state index is 4.16. The molecule has 0 saturated heterocycles. The summed E-state index contributed by atoms with van der Waals surface area (Å²) in [7, 11) is 0. The molecule has 1 aromatic carbocycles. The van der Waals surface area contributed by atoms with Gasteiger partial charge in [-0.25, -0.2) is 0 Å². The molecular weight excluding hydrogens is 244 g/mol. The van der Waals surface area contributed by atoms with E-state index >= 15 is 0 Å². The van der Waals surface area contributed by atoms with Crippen LogP contribution in [0, 0.1) is 5.92 Å². The van der Waals surface area contributed by atoms with Gasteiger partial charge in [0, 0.05) is 30.4 Å². The second kappa shape index (κ2) is 6.36. The molecule has 2 atom stereocenters. The predicted octanol–water partition coefficient (Wildman–Crippen LogP) is 4.29. The van der Waals surface area contributed by atoms with Crippen LogP contribution in [-0.4, -0.2) is 11.0 Å². The number of benzene rings is 1. The highest BCUT2D eigenvalue weighted by Gasteiger charge is 2.19. The van der Waals surface area contributed by atoms with Gasteiger partial charge in [0.15, 0.2) is 0 Å². The van der Waals surface area contributed by atoms with E-state index in [-0.39, 0.29) is 0 Å². The van der Waals surface area contributed by atoms with Crippen molar-refractivity contribution in [3.8, 4) is 0 Å². The van der Waals surface area contributed by atoms with E-state index in [2.05, 4.69) is 41.5 Å². The van der Waals surface area contributed by atoms with Crippen molar-refractivity contribution in [3.63, 3.8) is 0 Å². The number of hydrogen-bond donors (Lipinski definition) is 1. The lowest BCUT2D eigenvalue weighted by Crippen LogP contribution is -2.33. The fourth-order valence-corrected chi connectivity index (χ4v) is 3.35. The lowest BCUT2D eigenvalue weighted by molar-refractivity contribution is 0.278. The molecule has 0 spiro atoms. The molecule has 1 aliphatic rings. The summed E-state index contributed by atoms with van der Waals surface area (Å²) in [5.74, 6) is 0.934. The minimum absolute atomic E-state index is 0.710. The molecule has 1 N–H and O–H groups in total. The highest BCUT2D eigenvalue weighted by atomic mass is 14.9. The van der Waals surface area contributed by atoms with Crippen LogP contribution in [0.25, 0.3) is 10.8 Å². The van der Waals surface area contributed by atoms with Gasteiger partial charge in [0.05, 0.1) is 0 Å². The van der Waals surface area contributed by atoms with E-state index in [1.54, 1.807) is 0 Å². The Kier molecular flexibility index (Phi) is 4.31. The predicted molar refractivity (Wildman–Crippen MR) is 84.6 cm³/mol. The van der Waals surface area contributed by atoms with Gasteiger partial charge in [-0.2, -0.15) is 0 Å². The summed E-state index contributed by atoms with van der Waals surface area (Å²) in [5, 5.41) is 6.26. The van der Waals surface area contributed by atoms with E-state index in [0.29, 0.717) is 6.04 Å². The SMILES string of the molecule is CCC1CCCC(NCc2ccc3cnccc3c2)C1. The molecule has 3 rings (SSSR count). The van der Waals surface area contributed by atoms with E-state index in [4.69, 9.17) is 0 Å². The average Bonchev–Trinajstić information content (AvgIpc) is 2.53. The number of rotatable bonds is 4. The molecule has 2 heteroatoms. The Morgan fingerprint density at radius 1 is 1.20 bits per heavy atom. The molecule has 0 aliphatic heterocycles. The number of fused-ring (bicyclic) bond motifs is 1. The number of nitrogens with zero attached hydrogens (tertiary/aromatic N) is 1. The van der Waals surface area contributed by atoms with Crippen LogP contribution in [0.4, 0.5) is 0 Å². The second-order valence-corrected chi connectivity index (χ2v) is 6.08. The standard InChI is InChI=1S/C18H24N2/c1-2-14-4-3-5-18(11-14)20-12-15-6-7-17-13-19-9-8-16(17)10-15/h6-10,13-14,18,20H,2-5,11-12H2,1H3. The molecule has 1 fully saturated rings. The van der Waals surface area contributed by atoms with Crippen molar-refractivity contribution in [1.82, 2.24) is 10.3 Å². The first-order valence-corrected chi connectivity index (χ1v) is 7.91. The van der Waals surface area contributed by atoms with E-state index in [1.165, 1.54) is 48.4 Å². The van der Waals surface area contributed by atoms with Gasteiger partial charge in [0.25, 0.3) is 0 Å². The van der Waals surface area contributed by atoms with Crippen LogP contribution in [0.2, 0.25) is 0 Å². The van der Waals surface area contributed by atoms with Gasteiger partial charge in [-0.05, 0) is 41.8 Å². The molecule has 20 heavy (non-hydrogen) atoms. The van der Waals surface area contributed by atoms with Gasteiger partial charge in [-0.3, -0.25) is 4.98 Å². The minimum atomic E-state index is 0.710. The van der Waals surface area contributed by atoms with Gasteiger partial charge in [0.1, 0.15) is 0 Å². The van der Waals surface area contributed by atoms with Gasteiger partial charge in [0.2, 0.25) is 0 Å². The number of hydrogen-bond acceptors (Lipinski definition) is 2. The lowest BCUT2D eigenvalue weighted by atomic mass is 9.84. The Balaban J connectivity index is 1.61. The molecule has 1 saturated carbocycles. The van der Waals surface area contributed by atoms with Crippen molar-refractivity contribution in [3.05, 3.63) is 42.2 Å². The van der Waals surface area contributed by atoms with Gasteiger partial charge in [-0.15, -0.1) is 0 Å². The Morgan fingerprint density at radius 3 is 3.05 bits per heavy atom. The first kappa shape index (κ1) is 13.6. The molecule has 0 bridgehead atoms. The Morgan fingerprint density at radius 2 is 2.15 bits per heavy atom. The van der Waals surface area contributed by atoms with Crippen LogP contribution in [-0.2, 0) is 6.54 Å². The zero-order valence-corrected chi connectivity index (χ0v) is 12.3. The Bertz CT molecular complexity index is 564. The van der Waals surface area contributed by atoms with E-state index < -0.39 is 0 Å². The minimum Gasteiger partial charge on any atom is -0.310 e. The van der Waals surface area contributed by atoms with Crippen LogP contribution >= 0.6 is 0 Å². The van der Waals surface area contributed by atoms with Crippen LogP contribution in [0.15, 0.2) is 36.7 Å². The number of aromatic nitrogens is 1. The molecule has 2 aromatic rings. The van der Waals surface area contributed by atoms with Crippen molar-refractivity contribution in [2.45, 2.75) is 51.6 Å². The summed E-state index contributed by atoms with van der Waals surface area (Å²) in [6.45, 7) is 3.31. The van der Waals surface area contributed by atoms with Crippen LogP contribution < -0.4 is 5.32 Å². The quantitative estimate of drug-likeness (QED) is 0.894. The third kappa shape index (κ3) is 3.18. The summed E-state index contributed by atoms with van der Waals surface area (Å²) in [4.78, 5) is 4.16. The fraction of sp³-hybridized carbons (Fsp3) is 0.500. The van der Waals surface area contributed by atoms with Crippen molar-refractivity contribution in [1.29, 1.82) is 0 Å². The summed E-state index contributed by atoms with van der Waals surface area (Å²) in [6, 6.07) is 9.48. The Labute approximate surface area is 121 Å². The average molecular weight is 268 g/mol. The maximum Gasteiger partial charge on any atom is 0.0346 e. The summed E-state index contributed by atoms with van der Waals surface area (Å²) < 4.78 is 0. The smallest absolute Gasteiger partial charge is 0.0346 e. The summed E-state index contributed by atoms with van der Waals surface area (Å²) >= 11 is 0. The first-order chi connectivity index (χ1) is 9.85. The third-order valence-corrected chi connectivity index (χ3v) is 4.66. The molecule has 106 valence electrons. The van der Waals surface area contributed by atoms with Crippen molar-refractivity contribution in [2.75, 3.05) is 0 Å². The number of nitrogens with one attached hydrogen (secondary N) is 1. The lowest BCUT2D eigenvalue weighted by Gasteiger charge is -2.29. The maximum absolute atomic E-state index is 4.16. The van der Waals surface area contributed by atoms with E-state index in [1.807, 2.05) is 12.4 Å². The third-order valence-electron chi connectivity index (χ3n) is 4.66. The summed E-state index contributed by atoms with van der Waals surface area (Å²) in [6.07, 6.45) is 10.6. The molecule has 0 amide bonds. The number of pyridine rings is 1. The largest absolute Gasteiger partial charge is 0.310 e. The summed E-state index contributed by atoms with van der Waals surface area (Å²) in [5.41, 5.74) is 1.38. The molecule has 1 aromatic heterocycles. The van der Waals surface area contributed by atoms with Crippen LogP contribution in [0.5, 0.6) is 0 Å². The van der Waals surface area contributed by atoms with E-state index in [9.17, 15) is 0 Å². The van der Waals surface area contributed by atoms with Crippen LogP contribution in [0.3, 0.4) is 0 Å². The molecule has 2 nitrogen and oxygen atoms in total. The molecule has 1 heterocycles. The van der Waals surface area contributed by atoms with Gasteiger partial charge >= 0.3 is 0 Å². The molecule has 2 unspecified atom stereocenters. The van der Waals surface area contributed by atoms with Crippen molar-refractivity contribution >= 4 is 10.8 Å². The highest BCUT2D eigenvalue weighted by molar-refractivity contribution is 5.81. The fourth-order valence-electron chi connectivity index (χ4n) is 3.35. The molecule has 0 radical (unpaired) electrons. The zero-order valence-electron chi connectivity index (χ0n) is 12.3. The van der Waals surface area contributed by atoms with E-state index in [0.717, 1.165) is 12.5 Å². The first-order valence-electron chi connectivity index (χ1n) is 7.91. The molecular formula is C18H24N2. The van der Waals surface area contributed by atoms with Gasteiger partial charge in [-0.1, -0.05) is 38.3 Å². The van der Waals surface area contributed by atoms with Crippen LogP contribution in [0.1, 0.15) is 44.6 Å². The van der Waals surface area contributed by atoms with Gasteiger partial charge < -0.3 is 5.32 Å². The van der Waals surface area contributed by atoms with Crippen molar-refractivity contribution in [2.24, 2.45) is 5.92 Å². The normalized spacial score (nSPS) is 23.1. The highest BCUT2D eigenvalue weighted by Crippen LogP contribution is 2.26. The molecule has 1 aliphatic carbocycles.